The average Bonchev–Trinajstić information content (AvgIpc) is 2.70. The first-order valence-electron chi connectivity index (χ1n) is 9.44. The monoisotopic (exact) mass is 413 g/mol. The third-order valence-corrected chi connectivity index (χ3v) is 3.85. The number of hydrogen-bond donors (Lipinski definition) is 3. The van der Waals surface area contributed by atoms with Crippen LogP contribution in [0.4, 0.5) is 10.5 Å². The van der Waals surface area contributed by atoms with Crippen LogP contribution < -0.4 is 20.7 Å². The van der Waals surface area contributed by atoms with E-state index in [4.69, 9.17) is 9.47 Å². The molecule has 0 saturated carbocycles. The summed E-state index contributed by atoms with van der Waals surface area (Å²) in [5.41, 5.74) is 1.38. The number of nitrogens with one attached hydrogen (secondary N) is 3. The number of carbonyl (C=O) groups excluding carboxylic acids is 3. The van der Waals surface area contributed by atoms with E-state index in [1.165, 1.54) is 0 Å². The number of amides is 3. The second kappa shape index (κ2) is 10.3. The van der Waals surface area contributed by atoms with E-state index in [-0.39, 0.29) is 18.4 Å². The van der Waals surface area contributed by atoms with Gasteiger partial charge in [-0.2, -0.15) is 0 Å². The summed E-state index contributed by atoms with van der Waals surface area (Å²) < 4.78 is 10.1. The van der Waals surface area contributed by atoms with Crippen molar-refractivity contribution in [2.45, 2.75) is 32.9 Å². The zero-order valence-corrected chi connectivity index (χ0v) is 17.6. The van der Waals surface area contributed by atoms with E-state index in [1.54, 1.807) is 76.4 Å². The molecule has 0 aliphatic rings. The van der Waals surface area contributed by atoms with Gasteiger partial charge >= 0.3 is 6.09 Å². The van der Waals surface area contributed by atoms with Crippen molar-refractivity contribution in [2.24, 2.45) is 0 Å². The first kappa shape index (κ1) is 22.7. The molecule has 0 aromatic heterocycles. The van der Waals surface area contributed by atoms with Gasteiger partial charge in [-0.3, -0.25) is 9.59 Å². The Bertz CT molecular complexity index is 871. The van der Waals surface area contributed by atoms with E-state index in [1.807, 2.05) is 0 Å². The van der Waals surface area contributed by atoms with Crippen molar-refractivity contribution in [1.82, 2.24) is 10.6 Å². The molecule has 0 radical (unpaired) electrons. The van der Waals surface area contributed by atoms with Crippen LogP contribution in [0, 0.1) is 0 Å². The fourth-order valence-corrected chi connectivity index (χ4v) is 2.38. The molecule has 0 spiro atoms. The number of alkyl carbamates (subject to hydrolysis) is 1. The molecule has 8 nitrogen and oxygen atoms in total. The lowest BCUT2D eigenvalue weighted by Gasteiger charge is -2.19. The number of rotatable bonds is 7. The smallest absolute Gasteiger partial charge is 0.408 e. The highest BCUT2D eigenvalue weighted by molar-refractivity contribution is 6.04. The van der Waals surface area contributed by atoms with Gasteiger partial charge in [-0.1, -0.05) is 12.1 Å². The Morgan fingerprint density at radius 1 is 0.900 bits per heavy atom. The standard InChI is InChI=1S/C22H27N3O5/c1-22(2,3)30-21(28)24-14-19(26)23-13-15-5-9-17(10-6-15)25-20(27)16-7-11-18(29-4)12-8-16/h5-12H,13-14H2,1-4H3,(H,23,26)(H,24,28)(H,25,27). The van der Waals surface area contributed by atoms with Crippen LogP contribution in [0.1, 0.15) is 36.7 Å². The maximum Gasteiger partial charge on any atom is 0.408 e. The molecule has 0 atom stereocenters. The van der Waals surface area contributed by atoms with Gasteiger partial charge in [0.15, 0.2) is 0 Å². The van der Waals surface area contributed by atoms with Crippen molar-refractivity contribution in [2.75, 3.05) is 19.0 Å². The second-order valence-corrected chi connectivity index (χ2v) is 7.51. The third-order valence-electron chi connectivity index (χ3n) is 3.85. The average molecular weight is 413 g/mol. The Hall–Kier alpha value is -3.55. The van der Waals surface area contributed by atoms with Crippen molar-refractivity contribution >= 4 is 23.6 Å². The fraction of sp³-hybridized carbons (Fsp3) is 0.318. The summed E-state index contributed by atoms with van der Waals surface area (Å²) in [6.45, 7) is 5.35. The fourth-order valence-electron chi connectivity index (χ4n) is 2.38. The summed E-state index contributed by atoms with van der Waals surface area (Å²) in [6.07, 6.45) is -0.644. The van der Waals surface area contributed by atoms with Gasteiger partial charge in [-0.25, -0.2) is 4.79 Å². The molecule has 0 heterocycles. The largest absolute Gasteiger partial charge is 0.497 e. The van der Waals surface area contributed by atoms with Crippen molar-refractivity contribution in [1.29, 1.82) is 0 Å². The van der Waals surface area contributed by atoms with Gasteiger partial charge in [0.25, 0.3) is 5.91 Å². The number of benzene rings is 2. The minimum Gasteiger partial charge on any atom is -0.497 e. The third kappa shape index (κ3) is 7.83. The lowest BCUT2D eigenvalue weighted by Crippen LogP contribution is -2.39. The zero-order chi connectivity index (χ0) is 22.1. The van der Waals surface area contributed by atoms with Crippen molar-refractivity contribution in [3.8, 4) is 5.75 Å². The van der Waals surface area contributed by atoms with E-state index in [2.05, 4.69) is 16.0 Å². The van der Waals surface area contributed by atoms with Gasteiger partial charge in [0.2, 0.25) is 5.91 Å². The molecule has 2 aromatic rings. The summed E-state index contributed by atoms with van der Waals surface area (Å²) in [7, 11) is 1.57. The highest BCUT2D eigenvalue weighted by Gasteiger charge is 2.16. The SMILES string of the molecule is COc1ccc(C(=O)Nc2ccc(CNC(=O)CNC(=O)OC(C)(C)C)cc2)cc1. The molecule has 3 amide bonds. The summed E-state index contributed by atoms with van der Waals surface area (Å²) in [6, 6.07) is 13.9. The van der Waals surface area contributed by atoms with Crippen molar-refractivity contribution in [3.05, 3.63) is 59.7 Å². The Labute approximate surface area is 175 Å². The van der Waals surface area contributed by atoms with Crippen LogP contribution in [-0.2, 0) is 16.1 Å². The molecule has 8 heteroatoms. The molecule has 0 aliphatic heterocycles. The molecule has 0 fully saturated rings. The van der Waals surface area contributed by atoms with Gasteiger partial charge in [0.1, 0.15) is 17.9 Å². The normalized spacial score (nSPS) is 10.7. The number of ether oxygens (including phenoxy) is 2. The molecular formula is C22H27N3O5. The molecule has 0 bridgehead atoms. The summed E-state index contributed by atoms with van der Waals surface area (Å²) in [5.74, 6) is 0.115. The minimum atomic E-state index is -0.644. The van der Waals surface area contributed by atoms with Crippen molar-refractivity contribution in [3.63, 3.8) is 0 Å². The van der Waals surface area contributed by atoms with Crippen LogP contribution in [0.3, 0.4) is 0 Å². The quantitative estimate of drug-likeness (QED) is 0.647. The van der Waals surface area contributed by atoms with E-state index in [0.717, 1.165) is 5.56 Å². The highest BCUT2D eigenvalue weighted by Crippen LogP contribution is 2.14. The molecule has 2 rings (SSSR count). The van der Waals surface area contributed by atoms with Crippen LogP contribution in [0.15, 0.2) is 48.5 Å². The lowest BCUT2D eigenvalue weighted by molar-refractivity contribution is -0.120. The van der Waals surface area contributed by atoms with Crippen LogP contribution >= 0.6 is 0 Å². The summed E-state index contributed by atoms with van der Waals surface area (Å²) in [5, 5.41) is 7.92. The number of anilines is 1. The molecule has 160 valence electrons. The first-order chi connectivity index (χ1) is 14.2. The molecule has 0 saturated heterocycles. The Morgan fingerprint density at radius 3 is 2.10 bits per heavy atom. The Balaban J connectivity index is 1.77. The first-order valence-corrected chi connectivity index (χ1v) is 9.44. The van der Waals surface area contributed by atoms with E-state index in [0.29, 0.717) is 23.5 Å². The number of methoxy groups -OCH3 is 1. The van der Waals surface area contributed by atoms with Gasteiger partial charge in [0, 0.05) is 17.8 Å². The van der Waals surface area contributed by atoms with Crippen molar-refractivity contribution < 1.29 is 23.9 Å². The van der Waals surface area contributed by atoms with Gasteiger partial charge in [0.05, 0.1) is 7.11 Å². The van der Waals surface area contributed by atoms with Gasteiger partial charge in [-0.05, 0) is 62.7 Å². The maximum atomic E-state index is 12.3. The second-order valence-electron chi connectivity index (χ2n) is 7.51. The van der Waals surface area contributed by atoms with Gasteiger partial charge < -0.3 is 25.4 Å². The van der Waals surface area contributed by atoms with E-state index in [9.17, 15) is 14.4 Å². The zero-order valence-electron chi connectivity index (χ0n) is 17.6. The maximum absolute atomic E-state index is 12.3. The Morgan fingerprint density at radius 2 is 1.53 bits per heavy atom. The molecule has 2 aromatic carbocycles. The minimum absolute atomic E-state index is 0.176. The molecule has 30 heavy (non-hydrogen) atoms. The predicted octanol–water partition coefficient (Wildman–Crippen LogP) is 3.09. The van der Waals surface area contributed by atoms with Crippen LogP contribution in [0.2, 0.25) is 0 Å². The van der Waals surface area contributed by atoms with E-state index >= 15 is 0 Å². The van der Waals surface area contributed by atoms with Gasteiger partial charge in [-0.15, -0.1) is 0 Å². The molecule has 3 N–H and O–H groups in total. The predicted molar refractivity (Wildman–Crippen MR) is 113 cm³/mol. The summed E-state index contributed by atoms with van der Waals surface area (Å²) in [4.78, 5) is 35.7. The van der Waals surface area contributed by atoms with Crippen LogP contribution in [0.5, 0.6) is 5.75 Å². The Kier molecular flexibility index (Phi) is 7.80. The van der Waals surface area contributed by atoms with E-state index < -0.39 is 11.7 Å². The highest BCUT2D eigenvalue weighted by atomic mass is 16.6. The lowest BCUT2D eigenvalue weighted by atomic mass is 10.1. The number of carbonyl (C=O) groups is 3. The summed E-state index contributed by atoms with van der Waals surface area (Å²) >= 11 is 0. The van der Waals surface area contributed by atoms with Crippen LogP contribution in [-0.4, -0.2) is 37.2 Å². The number of hydrogen-bond acceptors (Lipinski definition) is 5. The molecule has 0 aliphatic carbocycles. The van der Waals surface area contributed by atoms with Crippen LogP contribution in [0.25, 0.3) is 0 Å². The molecular weight excluding hydrogens is 386 g/mol. The topological polar surface area (TPSA) is 106 Å². The molecule has 0 unspecified atom stereocenters.